The van der Waals surface area contributed by atoms with Crippen LogP contribution >= 0.6 is 0 Å². The van der Waals surface area contributed by atoms with E-state index in [9.17, 15) is 140 Å². The van der Waals surface area contributed by atoms with E-state index in [2.05, 4.69) is 0 Å². The molecule has 0 saturated heterocycles. The van der Waals surface area contributed by atoms with Crippen LogP contribution in [-0.2, 0) is 23.9 Å². The fourth-order valence-corrected chi connectivity index (χ4v) is 7.94. The number of alkyl halides is 30. The summed E-state index contributed by atoms with van der Waals surface area (Å²) >= 11 is 0. The van der Waals surface area contributed by atoms with E-state index in [0.717, 1.165) is 3.63 Å². The molecule has 0 aromatic rings. The highest BCUT2D eigenvalue weighted by Gasteiger charge is 3.11. The van der Waals surface area contributed by atoms with Crippen molar-refractivity contribution in [3.8, 4) is 0 Å². The number of hydrogen-bond acceptors (Lipinski definition) is 5. The molecule has 0 bridgehead atoms. The topological polar surface area (TPSA) is 77.5 Å². The summed E-state index contributed by atoms with van der Waals surface area (Å²) in [4.78, 5) is 0. The molecule has 53 heavy (non-hydrogen) atoms. The fraction of sp³-hybridized carbons (Fsp3) is 1.00. The molecule has 37 heteroatoms. The third-order valence-corrected chi connectivity index (χ3v) is 11.2. The second kappa shape index (κ2) is 10.4. The van der Waals surface area contributed by atoms with E-state index >= 15 is 8.78 Å². The standard InChI is InChI=1S/C16F30O5S2/c17-1(7(27,28)15(41,42)43)3(19,20)9(31,32)13(39,10(33,34)4(1,21)22)52(47,48)51-53(49,50)14(40)11(35,36)5(23,24)2(18,6(25,26)12(14,37)38)8(29,30)16(44,45)46. The third-order valence-electron chi connectivity index (χ3n) is 7.37. The summed E-state index contributed by atoms with van der Waals surface area (Å²) in [6.45, 7) is 0. The van der Waals surface area contributed by atoms with E-state index in [1.165, 1.54) is 0 Å². The molecule has 0 aromatic heterocycles. The Morgan fingerprint density at radius 2 is 0.453 bits per heavy atom. The lowest BCUT2D eigenvalue weighted by atomic mass is 9.69. The van der Waals surface area contributed by atoms with Crippen LogP contribution in [0.1, 0.15) is 0 Å². The molecule has 2 aliphatic carbocycles. The summed E-state index contributed by atoms with van der Waals surface area (Å²) in [6, 6.07) is 0. The molecule has 2 aliphatic rings. The minimum atomic E-state index is -10.5. The SMILES string of the molecule is O=S(=O)(OS(=O)(=O)C1(F)C(F)(F)C(F)(F)C(F)(C(F)(F)C(F)(F)F)C(F)(F)C1(F)F)C1(F)C(F)(F)C(F)(F)C(F)(C(F)(F)C(F)(F)F)C(F)(F)C1(F)F. The van der Waals surface area contributed by atoms with Crippen LogP contribution in [0.5, 0.6) is 0 Å². The molecule has 0 aliphatic heterocycles. The monoisotopic (exact) mass is 906 g/mol. The maximum atomic E-state index is 15.0. The maximum Gasteiger partial charge on any atom is 0.457 e. The first-order valence-corrected chi connectivity index (χ1v) is 13.9. The van der Waals surface area contributed by atoms with Gasteiger partial charge in [0.25, 0.3) is 0 Å². The predicted molar refractivity (Wildman–Crippen MR) is 95.9 cm³/mol. The highest BCUT2D eigenvalue weighted by molar-refractivity contribution is 8.01. The minimum absolute atomic E-state index is 1.15. The number of hydrogen-bond donors (Lipinski definition) is 0. The zero-order valence-electron chi connectivity index (χ0n) is 22.2. The van der Waals surface area contributed by atoms with Crippen molar-refractivity contribution in [2.45, 2.75) is 92.9 Å². The molecule has 0 radical (unpaired) electrons. The minimum Gasteiger partial charge on any atom is -0.223 e. The largest absolute Gasteiger partial charge is 0.457 e. The maximum absolute atomic E-state index is 15.0. The van der Waals surface area contributed by atoms with Crippen LogP contribution in [0.15, 0.2) is 0 Å². The molecule has 5 nitrogen and oxygen atoms in total. The Morgan fingerprint density at radius 3 is 0.585 bits per heavy atom. The van der Waals surface area contributed by atoms with E-state index in [4.69, 9.17) is 0 Å². The quantitative estimate of drug-likeness (QED) is 0.254. The summed E-state index contributed by atoms with van der Waals surface area (Å²) in [7, 11) is -21.0. The third kappa shape index (κ3) is 4.13. The average Bonchev–Trinajstić information content (AvgIpc) is 2.90. The van der Waals surface area contributed by atoms with Gasteiger partial charge in [0, 0.05) is 0 Å². The molecule has 0 unspecified atom stereocenters. The lowest BCUT2D eigenvalue weighted by Crippen LogP contribution is -2.91. The van der Waals surface area contributed by atoms with Gasteiger partial charge in [-0.1, -0.05) is 0 Å². The molecule has 0 aromatic carbocycles. The predicted octanol–water partition coefficient (Wildman–Crippen LogP) is 7.92. The molecule has 0 heterocycles. The van der Waals surface area contributed by atoms with Gasteiger partial charge in [-0.05, 0) is 0 Å². The van der Waals surface area contributed by atoms with Crippen LogP contribution < -0.4 is 0 Å². The van der Waals surface area contributed by atoms with Gasteiger partial charge in [0.15, 0.2) is 0 Å². The summed E-state index contributed by atoms with van der Waals surface area (Å²) in [5, 5.41) is -19.2. The molecule has 0 amide bonds. The van der Waals surface area contributed by atoms with E-state index in [-0.39, 0.29) is 0 Å². The fourth-order valence-electron chi connectivity index (χ4n) is 4.48. The van der Waals surface area contributed by atoms with Gasteiger partial charge in [0.2, 0.25) is 0 Å². The molecule has 2 saturated carbocycles. The Kier molecular flexibility index (Phi) is 9.19. The number of halogens is 30. The summed E-state index contributed by atoms with van der Waals surface area (Å²) in [5.41, 5.74) is -19.0. The Bertz CT molecular complexity index is 1550. The highest BCUT2D eigenvalue weighted by atomic mass is 32.3. The second-order valence-electron chi connectivity index (χ2n) is 10.2. The van der Waals surface area contributed by atoms with Gasteiger partial charge >= 0.3 is 113 Å². The van der Waals surface area contributed by atoms with Crippen molar-refractivity contribution >= 4 is 20.2 Å². The van der Waals surface area contributed by atoms with Crippen molar-refractivity contribution in [3.05, 3.63) is 0 Å². The van der Waals surface area contributed by atoms with Crippen LogP contribution in [0.3, 0.4) is 0 Å². The van der Waals surface area contributed by atoms with E-state index in [0.29, 0.717) is 0 Å². The first kappa shape index (κ1) is 46.9. The lowest BCUT2D eigenvalue weighted by Gasteiger charge is -2.56. The molecule has 2 fully saturated rings. The van der Waals surface area contributed by atoms with Crippen LogP contribution in [0.25, 0.3) is 0 Å². The van der Waals surface area contributed by atoms with Crippen LogP contribution in [0, 0.1) is 0 Å². The van der Waals surface area contributed by atoms with Gasteiger partial charge in [-0.3, -0.25) is 0 Å². The zero-order chi connectivity index (χ0) is 43.7. The van der Waals surface area contributed by atoms with Gasteiger partial charge in [0.1, 0.15) is 0 Å². The summed E-state index contributed by atoms with van der Waals surface area (Å²) < 4.78 is 465. The molecular formula is C16F30O5S2. The first-order valence-electron chi connectivity index (χ1n) is 11.1. The van der Waals surface area contributed by atoms with Crippen molar-refractivity contribution in [1.82, 2.24) is 0 Å². The van der Waals surface area contributed by atoms with Crippen molar-refractivity contribution in [2.75, 3.05) is 0 Å². The Balaban J connectivity index is 3.15. The van der Waals surface area contributed by atoms with E-state index in [1.54, 1.807) is 0 Å². The molecule has 2 rings (SSSR count). The first-order chi connectivity index (χ1) is 22.2. The molecule has 316 valence electrons. The summed E-state index contributed by atoms with van der Waals surface area (Å²) in [5.74, 6) is -95.1. The van der Waals surface area contributed by atoms with Crippen molar-refractivity contribution in [3.63, 3.8) is 0 Å². The summed E-state index contributed by atoms with van der Waals surface area (Å²) in [6.07, 6.45) is -17.2. The van der Waals surface area contributed by atoms with Crippen LogP contribution in [0.4, 0.5) is 132 Å². The zero-order valence-corrected chi connectivity index (χ0v) is 23.8. The molecular weight excluding hydrogens is 906 g/mol. The lowest BCUT2D eigenvalue weighted by molar-refractivity contribution is -0.494. The van der Waals surface area contributed by atoms with E-state index in [1.807, 2.05) is 0 Å². The van der Waals surface area contributed by atoms with Crippen LogP contribution in [0.2, 0.25) is 0 Å². The average molecular weight is 906 g/mol. The van der Waals surface area contributed by atoms with Crippen molar-refractivity contribution < 1.29 is 152 Å². The van der Waals surface area contributed by atoms with Gasteiger partial charge in [0.05, 0.1) is 0 Å². The Labute approximate surface area is 266 Å². The number of rotatable bonds is 6. The van der Waals surface area contributed by atoms with Crippen LogP contribution in [-0.4, -0.2) is 110 Å². The van der Waals surface area contributed by atoms with Gasteiger partial charge < -0.3 is 0 Å². The smallest absolute Gasteiger partial charge is 0.223 e. The molecule has 0 atom stereocenters. The van der Waals surface area contributed by atoms with Gasteiger partial charge in [-0.15, -0.1) is 3.63 Å². The van der Waals surface area contributed by atoms with E-state index < -0.39 is 113 Å². The molecule has 0 spiro atoms. The Hall–Kier alpha value is -2.24. The normalized spacial score (nSPS) is 36.5. The highest BCUT2D eigenvalue weighted by Crippen LogP contribution is 2.77. The van der Waals surface area contributed by atoms with Crippen molar-refractivity contribution in [2.24, 2.45) is 0 Å². The second-order valence-corrected chi connectivity index (χ2v) is 13.7. The van der Waals surface area contributed by atoms with Gasteiger partial charge in [-0.25, -0.2) is 17.6 Å². The van der Waals surface area contributed by atoms with Gasteiger partial charge in [-0.2, -0.15) is 131 Å². The Morgan fingerprint density at radius 1 is 0.302 bits per heavy atom. The molecule has 0 N–H and O–H groups in total. The van der Waals surface area contributed by atoms with Crippen molar-refractivity contribution in [1.29, 1.82) is 0 Å².